The van der Waals surface area contributed by atoms with Gasteiger partial charge in [0.25, 0.3) is 10.1 Å². The molecule has 2 rings (SSSR count). The van der Waals surface area contributed by atoms with Crippen molar-refractivity contribution >= 4 is 20.9 Å². The first-order valence-corrected chi connectivity index (χ1v) is 7.00. The van der Waals surface area contributed by atoms with E-state index in [1.807, 2.05) is 0 Å². The minimum Gasteiger partial charge on any atom is -0.286 e. The van der Waals surface area contributed by atoms with E-state index < -0.39 is 10.1 Å². The summed E-state index contributed by atoms with van der Waals surface area (Å²) in [5.74, 6) is 0. The van der Waals surface area contributed by atoms with Crippen molar-refractivity contribution in [1.29, 1.82) is 0 Å². The first-order valence-electron chi connectivity index (χ1n) is 5.15. The van der Waals surface area contributed by atoms with Crippen LogP contribution in [0.25, 0.3) is 10.8 Å². The van der Waals surface area contributed by atoms with Crippen molar-refractivity contribution < 1.29 is 13.0 Å². The van der Waals surface area contributed by atoms with Gasteiger partial charge in [-0.15, -0.1) is 0 Å². The van der Waals surface area contributed by atoms with Crippen LogP contribution in [0.2, 0.25) is 0 Å². The van der Waals surface area contributed by atoms with Crippen LogP contribution < -0.4 is 0 Å². The zero-order valence-electron chi connectivity index (χ0n) is 10.1. The van der Waals surface area contributed by atoms with E-state index in [2.05, 4.69) is 50.2 Å². The zero-order valence-corrected chi connectivity index (χ0v) is 11.0. The standard InChI is InChI=1S/C12H12.CH4O3S/c1-9-3-5-11-6-4-10(2)8-12(11)7-9;1-5(2,3)4/h3-8H,1-2H3;1H3,(H,2,3,4). The molecule has 0 bridgehead atoms. The molecule has 0 radical (unpaired) electrons. The third kappa shape index (κ3) is 5.47. The Labute approximate surface area is 102 Å². The van der Waals surface area contributed by atoms with Crippen LogP contribution in [-0.4, -0.2) is 19.2 Å². The highest BCUT2D eigenvalue weighted by Crippen LogP contribution is 2.16. The van der Waals surface area contributed by atoms with E-state index in [4.69, 9.17) is 4.55 Å². The molecule has 1 N–H and O–H groups in total. The van der Waals surface area contributed by atoms with E-state index >= 15 is 0 Å². The van der Waals surface area contributed by atoms with Gasteiger partial charge in [0.1, 0.15) is 0 Å². The molecule has 0 aliphatic carbocycles. The number of aryl methyl sites for hydroxylation is 2. The maximum atomic E-state index is 9.19. The average molecular weight is 252 g/mol. The average Bonchev–Trinajstić information content (AvgIpc) is 2.14. The Morgan fingerprint density at radius 1 is 0.882 bits per heavy atom. The van der Waals surface area contributed by atoms with Gasteiger partial charge in [-0.3, -0.25) is 4.55 Å². The third-order valence-electron chi connectivity index (χ3n) is 2.15. The Morgan fingerprint density at radius 3 is 1.59 bits per heavy atom. The highest BCUT2D eigenvalue weighted by Gasteiger charge is 1.92. The van der Waals surface area contributed by atoms with Crippen LogP contribution in [0.1, 0.15) is 11.1 Å². The Kier molecular flexibility index (Phi) is 4.26. The molecule has 17 heavy (non-hydrogen) atoms. The van der Waals surface area contributed by atoms with Crippen molar-refractivity contribution in [3.8, 4) is 0 Å². The summed E-state index contributed by atoms with van der Waals surface area (Å²) in [6.45, 7) is 4.25. The lowest BCUT2D eigenvalue weighted by molar-refractivity contribution is 0.490. The van der Waals surface area contributed by atoms with E-state index in [1.165, 1.54) is 21.9 Å². The molecule has 0 saturated heterocycles. The molecule has 0 aliphatic heterocycles. The van der Waals surface area contributed by atoms with Crippen molar-refractivity contribution in [3.05, 3.63) is 47.5 Å². The summed E-state index contributed by atoms with van der Waals surface area (Å²) < 4.78 is 25.9. The fourth-order valence-corrected chi connectivity index (χ4v) is 1.49. The van der Waals surface area contributed by atoms with Gasteiger partial charge in [-0.1, -0.05) is 47.5 Å². The predicted octanol–water partition coefficient (Wildman–Crippen LogP) is 2.96. The number of rotatable bonds is 0. The third-order valence-corrected chi connectivity index (χ3v) is 2.15. The van der Waals surface area contributed by atoms with Gasteiger partial charge in [-0.05, 0) is 24.6 Å². The minimum absolute atomic E-state index is 0.715. The van der Waals surface area contributed by atoms with Gasteiger partial charge in [0, 0.05) is 0 Å². The van der Waals surface area contributed by atoms with Crippen molar-refractivity contribution in [1.82, 2.24) is 0 Å². The molecular formula is C13H16O3S. The summed E-state index contributed by atoms with van der Waals surface area (Å²) in [6, 6.07) is 13.1. The summed E-state index contributed by atoms with van der Waals surface area (Å²) in [4.78, 5) is 0. The van der Waals surface area contributed by atoms with Crippen LogP contribution in [-0.2, 0) is 10.1 Å². The Hall–Kier alpha value is -1.39. The Bertz CT molecular complexity index is 571. The highest BCUT2D eigenvalue weighted by molar-refractivity contribution is 7.85. The van der Waals surface area contributed by atoms with E-state index in [9.17, 15) is 8.42 Å². The Balaban J connectivity index is 0.000000249. The maximum Gasteiger partial charge on any atom is 0.261 e. The topological polar surface area (TPSA) is 54.4 Å². The van der Waals surface area contributed by atoms with Gasteiger partial charge in [0.2, 0.25) is 0 Å². The first kappa shape index (κ1) is 13.7. The van der Waals surface area contributed by atoms with E-state index in [1.54, 1.807) is 0 Å². The zero-order chi connectivity index (χ0) is 13.1. The molecule has 0 fully saturated rings. The van der Waals surface area contributed by atoms with E-state index in [0.29, 0.717) is 6.26 Å². The second kappa shape index (κ2) is 5.29. The van der Waals surface area contributed by atoms with Crippen LogP contribution in [0.5, 0.6) is 0 Å². The summed E-state index contributed by atoms with van der Waals surface area (Å²) in [7, 11) is -3.67. The Morgan fingerprint density at radius 2 is 1.24 bits per heavy atom. The van der Waals surface area contributed by atoms with Crippen LogP contribution in [0, 0.1) is 13.8 Å². The monoisotopic (exact) mass is 252 g/mol. The van der Waals surface area contributed by atoms with Crippen molar-refractivity contribution in [2.75, 3.05) is 6.26 Å². The minimum atomic E-state index is -3.67. The van der Waals surface area contributed by atoms with Crippen LogP contribution in [0.3, 0.4) is 0 Å². The fraction of sp³-hybridized carbons (Fsp3) is 0.231. The lowest BCUT2D eigenvalue weighted by Gasteiger charge is -1.99. The smallest absolute Gasteiger partial charge is 0.261 e. The molecule has 2 aromatic rings. The van der Waals surface area contributed by atoms with Gasteiger partial charge < -0.3 is 0 Å². The molecule has 3 nitrogen and oxygen atoms in total. The summed E-state index contributed by atoms with van der Waals surface area (Å²) in [5.41, 5.74) is 2.65. The number of benzene rings is 2. The van der Waals surface area contributed by atoms with Gasteiger partial charge in [-0.2, -0.15) is 8.42 Å². The summed E-state index contributed by atoms with van der Waals surface area (Å²) in [6.07, 6.45) is 0.715. The fourth-order valence-electron chi connectivity index (χ4n) is 1.49. The van der Waals surface area contributed by atoms with E-state index in [-0.39, 0.29) is 0 Å². The molecular weight excluding hydrogens is 236 g/mol. The largest absolute Gasteiger partial charge is 0.286 e. The second-order valence-electron chi connectivity index (χ2n) is 4.09. The van der Waals surface area contributed by atoms with Gasteiger partial charge >= 0.3 is 0 Å². The molecule has 0 aromatic heterocycles. The molecule has 0 atom stereocenters. The van der Waals surface area contributed by atoms with Crippen molar-refractivity contribution in [3.63, 3.8) is 0 Å². The molecule has 0 amide bonds. The van der Waals surface area contributed by atoms with Crippen molar-refractivity contribution in [2.24, 2.45) is 0 Å². The second-order valence-corrected chi connectivity index (χ2v) is 5.55. The van der Waals surface area contributed by atoms with E-state index in [0.717, 1.165) is 0 Å². The van der Waals surface area contributed by atoms with Crippen LogP contribution >= 0.6 is 0 Å². The van der Waals surface area contributed by atoms with Crippen LogP contribution in [0.4, 0.5) is 0 Å². The van der Waals surface area contributed by atoms with Gasteiger partial charge in [0.05, 0.1) is 6.26 Å². The number of hydrogen-bond acceptors (Lipinski definition) is 2. The molecule has 0 unspecified atom stereocenters. The first-order chi connectivity index (χ1) is 7.75. The van der Waals surface area contributed by atoms with Gasteiger partial charge in [0.15, 0.2) is 0 Å². The summed E-state index contributed by atoms with van der Waals surface area (Å²) >= 11 is 0. The molecule has 0 aliphatic rings. The molecule has 2 aromatic carbocycles. The molecule has 0 heterocycles. The lowest BCUT2D eigenvalue weighted by Crippen LogP contribution is -1.88. The predicted molar refractivity (Wildman–Crippen MR) is 70.9 cm³/mol. The number of hydrogen-bond donors (Lipinski definition) is 1. The maximum absolute atomic E-state index is 9.19. The highest BCUT2D eigenvalue weighted by atomic mass is 32.2. The molecule has 0 spiro atoms. The van der Waals surface area contributed by atoms with Gasteiger partial charge in [-0.25, -0.2) is 0 Å². The normalized spacial score (nSPS) is 10.8. The molecule has 92 valence electrons. The SMILES string of the molecule is CS(=O)(=O)O.Cc1ccc2ccc(C)cc2c1. The quantitative estimate of drug-likeness (QED) is 0.733. The number of fused-ring (bicyclic) bond motifs is 1. The molecule has 4 heteroatoms. The van der Waals surface area contributed by atoms with Crippen molar-refractivity contribution in [2.45, 2.75) is 13.8 Å². The summed E-state index contributed by atoms with van der Waals surface area (Å²) in [5, 5.41) is 2.67. The molecule has 0 saturated carbocycles. The van der Waals surface area contributed by atoms with Crippen LogP contribution in [0.15, 0.2) is 36.4 Å². The lowest BCUT2D eigenvalue weighted by atomic mass is 10.1.